The predicted molar refractivity (Wildman–Crippen MR) is 91.5 cm³/mol. The summed E-state index contributed by atoms with van der Waals surface area (Å²) >= 11 is 0. The highest BCUT2D eigenvalue weighted by Gasteiger charge is 2.24. The molecule has 22 heavy (non-hydrogen) atoms. The van der Waals surface area contributed by atoms with Crippen LogP contribution in [0.2, 0.25) is 0 Å². The van der Waals surface area contributed by atoms with Crippen molar-refractivity contribution < 1.29 is 9.18 Å². The number of carbonyl (C=O) groups is 1. The van der Waals surface area contributed by atoms with E-state index in [0.29, 0.717) is 6.42 Å². The van der Waals surface area contributed by atoms with Crippen LogP contribution < -0.4 is 11.1 Å². The minimum absolute atomic E-state index is 0. The molecule has 0 spiro atoms. The van der Waals surface area contributed by atoms with Gasteiger partial charge in [0.2, 0.25) is 5.91 Å². The summed E-state index contributed by atoms with van der Waals surface area (Å²) in [6.07, 6.45) is 2.30. The van der Waals surface area contributed by atoms with E-state index in [9.17, 15) is 9.18 Å². The lowest BCUT2D eigenvalue weighted by Crippen LogP contribution is -2.42. The van der Waals surface area contributed by atoms with Gasteiger partial charge in [-0.25, -0.2) is 4.39 Å². The monoisotopic (exact) mass is 330 g/mol. The predicted octanol–water partition coefficient (Wildman–Crippen LogP) is 3.97. The van der Waals surface area contributed by atoms with Crippen LogP contribution in [0.3, 0.4) is 0 Å². The van der Waals surface area contributed by atoms with Crippen LogP contribution in [-0.2, 0) is 4.79 Å². The number of amides is 1. The molecule has 1 aromatic rings. The van der Waals surface area contributed by atoms with Crippen molar-refractivity contribution in [3.05, 3.63) is 35.6 Å². The zero-order valence-electron chi connectivity index (χ0n) is 13.9. The summed E-state index contributed by atoms with van der Waals surface area (Å²) in [6, 6.07) is 5.64. The van der Waals surface area contributed by atoms with Gasteiger partial charge >= 0.3 is 0 Å². The normalized spacial score (nSPS) is 13.9. The molecule has 0 fully saturated rings. The maximum Gasteiger partial charge on any atom is 0.237 e. The van der Waals surface area contributed by atoms with Gasteiger partial charge in [-0.05, 0) is 36.0 Å². The molecule has 0 aliphatic carbocycles. The average Bonchev–Trinajstić information content (AvgIpc) is 2.37. The minimum Gasteiger partial charge on any atom is -0.348 e. The van der Waals surface area contributed by atoms with Crippen LogP contribution >= 0.6 is 12.4 Å². The molecule has 0 aromatic heterocycles. The van der Waals surface area contributed by atoms with Crippen molar-refractivity contribution in [3.8, 4) is 0 Å². The van der Waals surface area contributed by atoms with Crippen molar-refractivity contribution in [2.24, 2.45) is 11.1 Å². The Kier molecular flexibility index (Phi) is 8.64. The lowest BCUT2D eigenvalue weighted by molar-refractivity contribution is -0.123. The molecule has 0 radical (unpaired) electrons. The number of hydrogen-bond donors (Lipinski definition) is 2. The maximum atomic E-state index is 13.1. The van der Waals surface area contributed by atoms with E-state index in [1.165, 1.54) is 12.1 Å². The van der Waals surface area contributed by atoms with Gasteiger partial charge in [0, 0.05) is 0 Å². The number of rotatable bonds is 6. The zero-order chi connectivity index (χ0) is 16.0. The number of nitrogens with one attached hydrogen (secondary N) is 1. The highest BCUT2D eigenvalue weighted by Crippen LogP contribution is 2.29. The molecular weight excluding hydrogens is 303 g/mol. The number of carbonyl (C=O) groups excluding carboxylic acids is 1. The first-order chi connectivity index (χ1) is 9.73. The second kappa shape index (κ2) is 9.11. The highest BCUT2D eigenvalue weighted by molar-refractivity contribution is 5.85. The highest BCUT2D eigenvalue weighted by atomic mass is 35.5. The van der Waals surface area contributed by atoms with Crippen LogP contribution in [0, 0.1) is 11.2 Å². The van der Waals surface area contributed by atoms with Crippen LogP contribution in [0.4, 0.5) is 4.39 Å². The topological polar surface area (TPSA) is 55.1 Å². The molecule has 3 nitrogen and oxygen atoms in total. The maximum absolute atomic E-state index is 13.1. The Morgan fingerprint density at radius 1 is 1.27 bits per heavy atom. The molecule has 1 amide bonds. The third-order valence-electron chi connectivity index (χ3n) is 3.34. The second-order valence-electron chi connectivity index (χ2n) is 6.77. The smallest absolute Gasteiger partial charge is 0.237 e. The Morgan fingerprint density at radius 3 is 2.27 bits per heavy atom. The van der Waals surface area contributed by atoms with Crippen molar-refractivity contribution in [1.29, 1.82) is 0 Å². The third-order valence-corrected chi connectivity index (χ3v) is 3.34. The summed E-state index contributed by atoms with van der Waals surface area (Å²) < 4.78 is 13.1. The lowest BCUT2D eigenvalue weighted by atomic mass is 9.85. The summed E-state index contributed by atoms with van der Waals surface area (Å²) in [4.78, 5) is 12.2. The molecule has 3 N–H and O–H groups in total. The molecular formula is C17H28ClFN2O. The van der Waals surface area contributed by atoms with Gasteiger partial charge in [0.15, 0.2) is 0 Å². The van der Waals surface area contributed by atoms with Crippen LogP contribution in [0.1, 0.15) is 58.6 Å². The Morgan fingerprint density at radius 2 is 1.82 bits per heavy atom. The number of hydrogen-bond acceptors (Lipinski definition) is 2. The summed E-state index contributed by atoms with van der Waals surface area (Å²) in [7, 11) is 0. The summed E-state index contributed by atoms with van der Waals surface area (Å²) in [5.41, 5.74) is 6.82. The van der Waals surface area contributed by atoms with Crippen molar-refractivity contribution in [3.63, 3.8) is 0 Å². The second-order valence-corrected chi connectivity index (χ2v) is 6.77. The number of halogens is 2. The van der Waals surface area contributed by atoms with E-state index in [0.717, 1.165) is 18.4 Å². The van der Waals surface area contributed by atoms with Gasteiger partial charge in [-0.15, -0.1) is 12.4 Å². The van der Waals surface area contributed by atoms with Gasteiger partial charge in [-0.2, -0.15) is 0 Å². The molecule has 2 atom stereocenters. The van der Waals surface area contributed by atoms with Crippen molar-refractivity contribution in [2.75, 3.05) is 0 Å². The molecule has 0 saturated carbocycles. The van der Waals surface area contributed by atoms with E-state index >= 15 is 0 Å². The average molecular weight is 331 g/mol. The zero-order valence-corrected chi connectivity index (χ0v) is 14.7. The Balaban J connectivity index is 0.00000441. The third kappa shape index (κ3) is 7.23. The number of nitrogens with two attached hydrogens (primary N) is 1. The molecule has 126 valence electrons. The molecule has 0 saturated heterocycles. The molecule has 0 bridgehead atoms. The van der Waals surface area contributed by atoms with Gasteiger partial charge in [-0.1, -0.05) is 46.2 Å². The van der Waals surface area contributed by atoms with Gasteiger partial charge in [0.1, 0.15) is 5.82 Å². The molecule has 0 aliphatic rings. The molecule has 2 unspecified atom stereocenters. The molecule has 1 rings (SSSR count). The molecule has 0 heterocycles. The first-order valence-corrected chi connectivity index (χ1v) is 7.54. The van der Waals surface area contributed by atoms with E-state index in [4.69, 9.17) is 5.73 Å². The number of benzene rings is 1. The molecule has 5 heteroatoms. The molecule has 1 aromatic carbocycles. The first kappa shape index (κ1) is 20.9. The Labute approximate surface area is 139 Å². The van der Waals surface area contributed by atoms with Crippen molar-refractivity contribution in [2.45, 2.75) is 59.0 Å². The van der Waals surface area contributed by atoms with Gasteiger partial charge in [-0.3, -0.25) is 4.79 Å². The van der Waals surface area contributed by atoms with Gasteiger partial charge < -0.3 is 11.1 Å². The van der Waals surface area contributed by atoms with E-state index in [1.807, 2.05) is 6.92 Å². The fourth-order valence-corrected chi connectivity index (χ4v) is 2.28. The largest absolute Gasteiger partial charge is 0.348 e. The van der Waals surface area contributed by atoms with Crippen molar-refractivity contribution >= 4 is 18.3 Å². The lowest BCUT2D eigenvalue weighted by Gasteiger charge is -2.28. The van der Waals surface area contributed by atoms with Crippen LogP contribution in [-0.4, -0.2) is 11.9 Å². The van der Waals surface area contributed by atoms with Crippen LogP contribution in [0.15, 0.2) is 24.3 Å². The van der Waals surface area contributed by atoms with Gasteiger partial charge in [0.05, 0.1) is 12.1 Å². The van der Waals surface area contributed by atoms with E-state index in [1.54, 1.807) is 12.1 Å². The SMILES string of the molecule is CCCC(N)C(=O)NC(CC(C)(C)C)c1ccc(F)cc1.Cl. The minimum atomic E-state index is -0.488. The first-order valence-electron chi connectivity index (χ1n) is 7.54. The van der Waals surface area contributed by atoms with Gasteiger partial charge in [0.25, 0.3) is 0 Å². The van der Waals surface area contributed by atoms with Crippen molar-refractivity contribution in [1.82, 2.24) is 5.32 Å². The molecule has 0 aliphatic heterocycles. The summed E-state index contributed by atoms with van der Waals surface area (Å²) in [5.74, 6) is -0.419. The Hall–Kier alpha value is -1.13. The summed E-state index contributed by atoms with van der Waals surface area (Å²) in [6.45, 7) is 8.34. The Bertz CT molecular complexity index is 457. The van der Waals surface area contributed by atoms with Crippen LogP contribution in [0.5, 0.6) is 0 Å². The van der Waals surface area contributed by atoms with E-state index in [2.05, 4.69) is 26.1 Å². The van der Waals surface area contributed by atoms with E-state index < -0.39 is 6.04 Å². The van der Waals surface area contributed by atoms with Crippen LogP contribution in [0.25, 0.3) is 0 Å². The standard InChI is InChI=1S/C17H27FN2O.ClH/c1-5-6-14(19)16(21)20-15(11-17(2,3)4)12-7-9-13(18)10-8-12;/h7-10,14-15H,5-6,11,19H2,1-4H3,(H,20,21);1H. The summed E-state index contributed by atoms with van der Waals surface area (Å²) in [5, 5.41) is 3.01. The fourth-order valence-electron chi connectivity index (χ4n) is 2.28. The quantitative estimate of drug-likeness (QED) is 0.829. The fraction of sp³-hybridized carbons (Fsp3) is 0.588. The van der Waals surface area contributed by atoms with E-state index in [-0.39, 0.29) is 35.6 Å².